The normalized spacial score (nSPS) is 10.3. The number of aromatic nitrogens is 1. The third kappa shape index (κ3) is 3.09. The molecule has 2 aromatic rings. The van der Waals surface area contributed by atoms with Gasteiger partial charge in [0.05, 0.1) is 16.6 Å². The molecular weight excluding hydrogens is 259 g/mol. The van der Waals surface area contributed by atoms with Crippen molar-refractivity contribution in [2.24, 2.45) is 0 Å². The van der Waals surface area contributed by atoms with E-state index in [2.05, 4.69) is 4.98 Å². The standard InChI is InChI=1S/C12H10Cl2N2O/c13-10-6-11(14)12(15-7-10)16(17)8-9-4-2-1-3-5-9/h1-7,17H,8H2. The van der Waals surface area contributed by atoms with E-state index in [-0.39, 0.29) is 0 Å². The smallest absolute Gasteiger partial charge is 0.171 e. The molecule has 0 aliphatic rings. The van der Waals surface area contributed by atoms with E-state index in [4.69, 9.17) is 23.2 Å². The molecule has 5 heteroatoms. The Balaban J connectivity index is 2.17. The number of hydrogen-bond acceptors (Lipinski definition) is 3. The molecule has 88 valence electrons. The maximum Gasteiger partial charge on any atom is 0.171 e. The molecule has 1 aromatic carbocycles. The van der Waals surface area contributed by atoms with Gasteiger partial charge in [-0.25, -0.2) is 10.0 Å². The SMILES string of the molecule is ON(Cc1ccccc1)c1ncc(Cl)cc1Cl. The van der Waals surface area contributed by atoms with Gasteiger partial charge < -0.3 is 0 Å². The highest BCUT2D eigenvalue weighted by Gasteiger charge is 2.10. The Bertz CT molecular complexity index is 505. The summed E-state index contributed by atoms with van der Waals surface area (Å²) >= 11 is 11.7. The highest BCUT2D eigenvalue weighted by molar-refractivity contribution is 6.35. The Morgan fingerprint density at radius 2 is 1.88 bits per heavy atom. The lowest BCUT2D eigenvalue weighted by Crippen LogP contribution is -2.18. The molecule has 2 rings (SSSR count). The summed E-state index contributed by atoms with van der Waals surface area (Å²) in [6.45, 7) is 0.315. The van der Waals surface area contributed by atoms with Gasteiger partial charge in [-0.1, -0.05) is 53.5 Å². The van der Waals surface area contributed by atoms with Gasteiger partial charge in [-0.2, -0.15) is 0 Å². The van der Waals surface area contributed by atoms with Crippen LogP contribution in [0.25, 0.3) is 0 Å². The van der Waals surface area contributed by atoms with Gasteiger partial charge in [0.1, 0.15) is 0 Å². The molecule has 1 aromatic heterocycles. The van der Waals surface area contributed by atoms with Crippen LogP contribution >= 0.6 is 23.2 Å². The third-order valence-electron chi connectivity index (χ3n) is 2.21. The molecule has 0 unspecified atom stereocenters. The Morgan fingerprint density at radius 1 is 1.18 bits per heavy atom. The molecule has 0 amide bonds. The number of hydrogen-bond donors (Lipinski definition) is 1. The van der Waals surface area contributed by atoms with Crippen molar-refractivity contribution in [3.8, 4) is 0 Å². The molecule has 0 atom stereocenters. The van der Waals surface area contributed by atoms with Gasteiger partial charge in [-0.15, -0.1) is 0 Å². The first-order valence-corrected chi connectivity index (χ1v) is 5.74. The summed E-state index contributed by atoms with van der Waals surface area (Å²) in [6, 6.07) is 11.1. The number of pyridine rings is 1. The zero-order valence-corrected chi connectivity index (χ0v) is 10.4. The van der Waals surface area contributed by atoms with Gasteiger partial charge in [0.2, 0.25) is 0 Å². The summed E-state index contributed by atoms with van der Waals surface area (Å²) < 4.78 is 0. The Morgan fingerprint density at radius 3 is 2.53 bits per heavy atom. The van der Waals surface area contributed by atoms with Gasteiger partial charge >= 0.3 is 0 Å². The molecule has 0 aliphatic carbocycles. The van der Waals surface area contributed by atoms with E-state index in [0.29, 0.717) is 22.4 Å². The number of anilines is 1. The average Bonchev–Trinajstić information content (AvgIpc) is 2.30. The predicted molar refractivity (Wildman–Crippen MR) is 68.7 cm³/mol. The summed E-state index contributed by atoms with van der Waals surface area (Å²) in [5.74, 6) is 0.292. The molecule has 17 heavy (non-hydrogen) atoms. The maximum atomic E-state index is 9.89. The van der Waals surface area contributed by atoms with Crippen LogP contribution in [0.5, 0.6) is 0 Å². The first-order valence-electron chi connectivity index (χ1n) is 4.98. The van der Waals surface area contributed by atoms with Crippen LogP contribution in [-0.2, 0) is 6.54 Å². The Kier molecular flexibility index (Phi) is 3.84. The molecule has 0 saturated heterocycles. The van der Waals surface area contributed by atoms with E-state index < -0.39 is 0 Å². The summed E-state index contributed by atoms with van der Waals surface area (Å²) in [5, 5.41) is 11.6. The molecule has 0 fully saturated rings. The highest BCUT2D eigenvalue weighted by Crippen LogP contribution is 2.25. The van der Waals surface area contributed by atoms with E-state index >= 15 is 0 Å². The Hall–Kier alpha value is -1.29. The highest BCUT2D eigenvalue weighted by atomic mass is 35.5. The van der Waals surface area contributed by atoms with Crippen LogP contribution in [0.3, 0.4) is 0 Å². The van der Waals surface area contributed by atoms with Gasteiger partial charge in [0.15, 0.2) is 5.82 Å². The summed E-state index contributed by atoms with van der Waals surface area (Å²) in [5.41, 5.74) is 0.961. The summed E-state index contributed by atoms with van der Waals surface area (Å²) in [6.07, 6.45) is 1.44. The molecule has 0 saturated carbocycles. The summed E-state index contributed by atoms with van der Waals surface area (Å²) in [4.78, 5) is 3.99. The fraction of sp³-hybridized carbons (Fsp3) is 0.0833. The van der Waals surface area contributed by atoms with Gasteiger partial charge in [0, 0.05) is 6.20 Å². The molecule has 0 radical (unpaired) electrons. The van der Waals surface area contributed by atoms with Crippen LogP contribution in [0, 0.1) is 0 Å². The first kappa shape index (κ1) is 12.2. The zero-order chi connectivity index (χ0) is 12.3. The van der Waals surface area contributed by atoms with Crippen molar-refractivity contribution in [2.75, 3.05) is 5.06 Å². The minimum atomic E-state index is 0.292. The first-order chi connectivity index (χ1) is 8.16. The predicted octanol–water partition coefficient (Wildman–Crippen LogP) is 3.78. The molecular formula is C12H10Cl2N2O. The minimum absolute atomic E-state index is 0.292. The number of rotatable bonds is 3. The van der Waals surface area contributed by atoms with E-state index in [1.54, 1.807) is 6.07 Å². The van der Waals surface area contributed by atoms with Crippen molar-refractivity contribution in [3.63, 3.8) is 0 Å². The average molecular weight is 269 g/mol. The molecule has 0 spiro atoms. The fourth-order valence-corrected chi connectivity index (χ4v) is 1.91. The molecule has 1 heterocycles. The zero-order valence-electron chi connectivity index (χ0n) is 8.85. The molecule has 1 N–H and O–H groups in total. The number of hydroxylamine groups is 1. The van der Waals surface area contributed by atoms with Crippen molar-refractivity contribution in [1.29, 1.82) is 0 Å². The number of benzene rings is 1. The van der Waals surface area contributed by atoms with E-state index in [1.807, 2.05) is 30.3 Å². The molecule has 3 nitrogen and oxygen atoms in total. The van der Waals surface area contributed by atoms with Crippen LogP contribution in [-0.4, -0.2) is 10.2 Å². The maximum absolute atomic E-state index is 9.89. The summed E-state index contributed by atoms with van der Waals surface area (Å²) in [7, 11) is 0. The largest absolute Gasteiger partial charge is 0.287 e. The van der Waals surface area contributed by atoms with Crippen molar-refractivity contribution >= 4 is 29.0 Å². The number of nitrogens with zero attached hydrogens (tertiary/aromatic N) is 2. The van der Waals surface area contributed by atoms with E-state index in [1.165, 1.54) is 6.20 Å². The second-order valence-corrected chi connectivity index (χ2v) is 4.35. The van der Waals surface area contributed by atoms with Gasteiger partial charge in [0.25, 0.3) is 0 Å². The van der Waals surface area contributed by atoms with Crippen LogP contribution < -0.4 is 5.06 Å². The lowest BCUT2D eigenvalue weighted by molar-refractivity contribution is 0.246. The molecule has 0 aliphatic heterocycles. The minimum Gasteiger partial charge on any atom is -0.287 e. The third-order valence-corrected chi connectivity index (χ3v) is 2.69. The lowest BCUT2D eigenvalue weighted by Gasteiger charge is -2.17. The van der Waals surface area contributed by atoms with Crippen molar-refractivity contribution < 1.29 is 5.21 Å². The van der Waals surface area contributed by atoms with Gasteiger partial charge in [-0.3, -0.25) is 5.21 Å². The van der Waals surface area contributed by atoms with Crippen LogP contribution in [0.15, 0.2) is 42.6 Å². The Labute approximate surface area is 109 Å². The van der Waals surface area contributed by atoms with E-state index in [0.717, 1.165) is 10.6 Å². The van der Waals surface area contributed by atoms with Crippen molar-refractivity contribution in [1.82, 2.24) is 4.98 Å². The van der Waals surface area contributed by atoms with Crippen LogP contribution in [0.1, 0.15) is 5.56 Å². The second-order valence-electron chi connectivity index (χ2n) is 3.50. The second kappa shape index (κ2) is 5.36. The number of halogens is 2. The van der Waals surface area contributed by atoms with E-state index in [9.17, 15) is 5.21 Å². The van der Waals surface area contributed by atoms with Crippen molar-refractivity contribution in [2.45, 2.75) is 6.54 Å². The molecule has 0 bridgehead atoms. The van der Waals surface area contributed by atoms with Crippen LogP contribution in [0.2, 0.25) is 10.0 Å². The quantitative estimate of drug-likeness (QED) is 0.861. The fourth-order valence-electron chi connectivity index (χ4n) is 1.43. The van der Waals surface area contributed by atoms with Crippen molar-refractivity contribution in [3.05, 3.63) is 58.2 Å². The lowest BCUT2D eigenvalue weighted by atomic mass is 10.2. The topological polar surface area (TPSA) is 36.4 Å². The monoisotopic (exact) mass is 268 g/mol. The van der Waals surface area contributed by atoms with Gasteiger partial charge in [-0.05, 0) is 11.6 Å². The van der Waals surface area contributed by atoms with Crippen LogP contribution in [0.4, 0.5) is 5.82 Å².